The summed E-state index contributed by atoms with van der Waals surface area (Å²) in [7, 11) is 0. The molecule has 2 N–H and O–H groups in total. The number of hydrogen-bond acceptors (Lipinski definition) is 4. The minimum Gasteiger partial charge on any atom is -0.485 e. The van der Waals surface area contributed by atoms with Gasteiger partial charge in [-0.2, -0.15) is 0 Å². The number of aromatic nitrogens is 2. The molecule has 0 spiro atoms. The zero-order valence-corrected chi connectivity index (χ0v) is 16.8. The molecule has 0 unspecified atom stereocenters. The highest BCUT2D eigenvalue weighted by molar-refractivity contribution is 6.30. The first-order chi connectivity index (χ1) is 15.0. The number of para-hydroxylation sites is 2. The van der Waals surface area contributed by atoms with Crippen molar-refractivity contribution in [2.24, 2.45) is 0 Å². The highest BCUT2D eigenvalue weighted by atomic mass is 35.5. The van der Waals surface area contributed by atoms with Gasteiger partial charge >= 0.3 is 6.03 Å². The molecule has 4 rings (SSSR count). The van der Waals surface area contributed by atoms with Gasteiger partial charge in [-0.1, -0.05) is 23.7 Å². The molecule has 4 aromatic rings. The van der Waals surface area contributed by atoms with Gasteiger partial charge in [0, 0.05) is 18.0 Å². The number of amides is 2. The molecule has 0 fully saturated rings. The summed E-state index contributed by atoms with van der Waals surface area (Å²) in [6, 6.07) is 16.4. The average Bonchev–Trinajstić information content (AvgIpc) is 2.75. The zero-order valence-electron chi connectivity index (χ0n) is 16.0. The topological polar surface area (TPSA) is 84.7 Å². The molecule has 0 radical (unpaired) electrons. The Balaban J connectivity index is 1.47. The minimum absolute atomic E-state index is 0.0205. The molecule has 0 saturated heterocycles. The second-order valence-corrected chi connectivity index (χ2v) is 6.97. The molecule has 0 aliphatic carbocycles. The van der Waals surface area contributed by atoms with E-state index in [0.29, 0.717) is 33.5 Å². The monoisotopic (exact) mass is 438 g/mol. The van der Waals surface area contributed by atoms with Crippen LogP contribution in [0.15, 0.2) is 77.7 Å². The number of hydrogen-bond donors (Lipinski definition) is 2. The summed E-state index contributed by atoms with van der Waals surface area (Å²) < 4.78 is 20.1. The fraction of sp³-hybridized carbons (Fsp3) is 0.0455. The fourth-order valence-electron chi connectivity index (χ4n) is 2.87. The summed E-state index contributed by atoms with van der Waals surface area (Å²) in [6.45, 7) is 0.0205. The largest absolute Gasteiger partial charge is 0.485 e. The highest BCUT2D eigenvalue weighted by Gasteiger charge is 2.10. The maximum atomic E-state index is 13.0. The number of halogens is 2. The van der Waals surface area contributed by atoms with E-state index in [1.165, 1.54) is 40.9 Å². The third-order valence-electron chi connectivity index (χ3n) is 4.29. The smallest absolute Gasteiger partial charge is 0.323 e. The van der Waals surface area contributed by atoms with Crippen LogP contribution in [0.2, 0.25) is 5.02 Å². The summed E-state index contributed by atoms with van der Waals surface area (Å²) in [6.07, 6.45) is 1.50. The van der Waals surface area contributed by atoms with Crippen LogP contribution in [0.3, 0.4) is 0 Å². The van der Waals surface area contributed by atoms with E-state index in [1.54, 1.807) is 36.4 Å². The van der Waals surface area contributed by atoms with Gasteiger partial charge in [0.2, 0.25) is 0 Å². The summed E-state index contributed by atoms with van der Waals surface area (Å²) in [4.78, 5) is 29.0. The molecule has 0 atom stereocenters. The van der Waals surface area contributed by atoms with Gasteiger partial charge in [0.05, 0.1) is 16.4 Å². The van der Waals surface area contributed by atoms with E-state index in [4.69, 9.17) is 16.3 Å². The lowest BCUT2D eigenvalue weighted by Crippen LogP contribution is -2.20. The number of rotatable bonds is 5. The Morgan fingerprint density at radius 2 is 1.84 bits per heavy atom. The van der Waals surface area contributed by atoms with Gasteiger partial charge in [0.15, 0.2) is 0 Å². The second-order valence-electron chi connectivity index (χ2n) is 6.53. The number of ether oxygens (including phenoxy) is 1. The van der Waals surface area contributed by atoms with Crippen LogP contribution in [0.25, 0.3) is 5.65 Å². The van der Waals surface area contributed by atoms with Crippen LogP contribution in [0, 0.1) is 5.82 Å². The number of urea groups is 1. The number of benzene rings is 2. The van der Waals surface area contributed by atoms with E-state index in [9.17, 15) is 14.0 Å². The van der Waals surface area contributed by atoms with E-state index in [2.05, 4.69) is 15.6 Å². The molecule has 156 valence electrons. The number of anilines is 2. The Morgan fingerprint density at radius 3 is 2.65 bits per heavy atom. The van der Waals surface area contributed by atoms with Crippen molar-refractivity contribution in [2.75, 3.05) is 10.6 Å². The van der Waals surface area contributed by atoms with Gasteiger partial charge in [-0.15, -0.1) is 0 Å². The van der Waals surface area contributed by atoms with Gasteiger partial charge in [-0.05, 0) is 48.5 Å². The molecule has 2 aromatic heterocycles. The molecular weight excluding hydrogens is 423 g/mol. The first-order valence-electron chi connectivity index (χ1n) is 9.21. The molecule has 2 aromatic carbocycles. The van der Waals surface area contributed by atoms with E-state index in [1.807, 2.05) is 0 Å². The summed E-state index contributed by atoms with van der Waals surface area (Å²) >= 11 is 5.92. The van der Waals surface area contributed by atoms with Crippen molar-refractivity contribution in [1.82, 2.24) is 9.38 Å². The third-order valence-corrected chi connectivity index (χ3v) is 4.51. The lowest BCUT2D eigenvalue weighted by Gasteiger charge is -2.13. The van der Waals surface area contributed by atoms with Crippen molar-refractivity contribution in [1.29, 1.82) is 0 Å². The maximum absolute atomic E-state index is 13.0. The summed E-state index contributed by atoms with van der Waals surface area (Å²) in [5, 5.41) is 5.73. The molecule has 31 heavy (non-hydrogen) atoms. The van der Waals surface area contributed by atoms with Gasteiger partial charge < -0.3 is 15.4 Å². The van der Waals surface area contributed by atoms with Crippen LogP contribution >= 0.6 is 11.6 Å². The number of nitrogens with zero attached hydrogens (tertiary/aromatic N) is 2. The SMILES string of the molecule is O=C(Nc1ccc(F)cc1)Nc1ccccc1OCc1cc(=O)n2cc(Cl)ccc2n1. The van der Waals surface area contributed by atoms with Gasteiger partial charge in [0.25, 0.3) is 5.56 Å². The van der Waals surface area contributed by atoms with Crippen LogP contribution in [0.5, 0.6) is 5.75 Å². The van der Waals surface area contributed by atoms with Crippen molar-refractivity contribution < 1.29 is 13.9 Å². The van der Waals surface area contributed by atoms with Crippen LogP contribution in [0.1, 0.15) is 5.69 Å². The zero-order chi connectivity index (χ0) is 21.8. The Kier molecular flexibility index (Phi) is 5.81. The Bertz CT molecular complexity index is 1310. The third kappa shape index (κ3) is 4.99. The second kappa shape index (κ2) is 8.85. The Labute approximate surface area is 181 Å². The predicted molar refractivity (Wildman–Crippen MR) is 116 cm³/mol. The maximum Gasteiger partial charge on any atom is 0.323 e. The van der Waals surface area contributed by atoms with Crippen molar-refractivity contribution >= 4 is 34.7 Å². The summed E-state index contributed by atoms with van der Waals surface area (Å²) in [5.74, 6) is 0.00426. The fourth-order valence-corrected chi connectivity index (χ4v) is 3.03. The summed E-state index contributed by atoms with van der Waals surface area (Å²) in [5.41, 5.74) is 1.46. The van der Waals surface area contributed by atoms with Gasteiger partial charge in [0.1, 0.15) is 23.8 Å². The van der Waals surface area contributed by atoms with Crippen LogP contribution in [-0.2, 0) is 6.61 Å². The molecule has 9 heteroatoms. The number of pyridine rings is 1. The van der Waals surface area contributed by atoms with Gasteiger partial charge in [-0.25, -0.2) is 14.2 Å². The van der Waals surface area contributed by atoms with E-state index < -0.39 is 11.8 Å². The standard InChI is InChI=1S/C22H16ClFN4O3/c23-14-5-10-20-25-17(11-21(29)28(20)12-14)13-31-19-4-2-1-3-18(19)27-22(30)26-16-8-6-15(24)7-9-16/h1-12H,13H2,(H2,26,27,30). The predicted octanol–water partition coefficient (Wildman–Crippen LogP) is 4.71. The first-order valence-corrected chi connectivity index (χ1v) is 9.59. The molecule has 2 amide bonds. The Morgan fingerprint density at radius 1 is 1.06 bits per heavy atom. The van der Waals surface area contributed by atoms with Crippen molar-refractivity contribution in [3.63, 3.8) is 0 Å². The van der Waals surface area contributed by atoms with Crippen molar-refractivity contribution in [3.05, 3.63) is 99.8 Å². The van der Waals surface area contributed by atoms with Crippen LogP contribution < -0.4 is 20.9 Å². The number of carbonyl (C=O) groups is 1. The lowest BCUT2D eigenvalue weighted by atomic mass is 10.3. The number of fused-ring (bicyclic) bond motifs is 1. The highest BCUT2D eigenvalue weighted by Crippen LogP contribution is 2.25. The molecule has 0 aliphatic rings. The molecule has 0 aliphatic heterocycles. The molecule has 0 bridgehead atoms. The number of carbonyl (C=O) groups excluding carboxylic acids is 1. The molecule has 0 saturated carbocycles. The molecular formula is C22H16ClFN4O3. The quantitative estimate of drug-likeness (QED) is 0.472. The van der Waals surface area contributed by atoms with Crippen LogP contribution in [0.4, 0.5) is 20.6 Å². The molecule has 2 heterocycles. The average molecular weight is 439 g/mol. The minimum atomic E-state index is -0.512. The first kappa shape index (κ1) is 20.4. The van der Waals surface area contributed by atoms with Crippen molar-refractivity contribution in [2.45, 2.75) is 6.61 Å². The van der Waals surface area contributed by atoms with Crippen molar-refractivity contribution in [3.8, 4) is 5.75 Å². The van der Waals surface area contributed by atoms with Gasteiger partial charge in [-0.3, -0.25) is 9.20 Å². The van der Waals surface area contributed by atoms with E-state index in [-0.39, 0.29) is 12.2 Å². The number of nitrogens with one attached hydrogen (secondary N) is 2. The Hall–Kier alpha value is -3.91. The molecule has 7 nitrogen and oxygen atoms in total. The van der Waals surface area contributed by atoms with E-state index >= 15 is 0 Å². The normalized spacial score (nSPS) is 10.6. The lowest BCUT2D eigenvalue weighted by molar-refractivity contribution is 0.261. The van der Waals surface area contributed by atoms with E-state index in [0.717, 1.165) is 0 Å². The van der Waals surface area contributed by atoms with Crippen LogP contribution in [-0.4, -0.2) is 15.4 Å².